The van der Waals surface area contributed by atoms with Crippen LogP contribution in [0, 0.1) is 36.0 Å². The highest BCUT2D eigenvalue weighted by Crippen LogP contribution is 2.44. The van der Waals surface area contributed by atoms with Gasteiger partial charge in [0.15, 0.2) is 18.0 Å². The molecule has 12 heteroatoms. The van der Waals surface area contributed by atoms with Crippen molar-refractivity contribution in [3.63, 3.8) is 0 Å². The van der Waals surface area contributed by atoms with Crippen LogP contribution in [-0.2, 0) is 38.9 Å². The first kappa shape index (κ1) is 27.9. The van der Waals surface area contributed by atoms with Gasteiger partial charge in [0.05, 0.1) is 23.4 Å². The van der Waals surface area contributed by atoms with Gasteiger partial charge >= 0.3 is 17.9 Å². The molecule has 0 saturated carbocycles. The summed E-state index contributed by atoms with van der Waals surface area (Å²) in [5.74, 6) is -3.08. The number of ether oxygens (including phenoxy) is 4. The fraction of sp³-hybridized carbons (Fsp3) is 0.600. The third-order valence-electron chi connectivity index (χ3n) is 6.02. The van der Waals surface area contributed by atoms with Crippen LogP contribution in [0.3, 0.4) is 0 Å². The minimum absolute atomic E-state index is 0.172. The molecule has 2 N–H and O–H groups in total. The molecule has 2 aromatic heterocycles. The number of fused-ring (bicyclic) bond motifs is 1. The fourth-order valence-corrected chi connectivity index (χ4v) is 3.95. The van der Waals surface area contributed by atoms with Gasteiger partial charge in [-0.15, -0.1) is 0 Å². The predicted molar refractivity (Wildman–Crippen MR) is 130 cm³/mol. The summed E-state index contributed by atoms with van der Waals surface area (Å²) in [6.07, 6.45) is -2.58. The number of nitrogens with two attached hydrogens (primary N) is 1. The summed E-state index contributed by atoms with van der Waals surface area (Å²) in [6.45, 7) is 11.3. The van der Waals surface area contributed by atoms with E-state index in [1.807, 2.05) is 0 Å². The molecule has 2 aromatic rings. The zero-order valence-electron chi connectivity index (χ0n) is 22.0. The molecule has 0 unspecified atom stereocenters. The molecule has 0 spiro atoms. The Kier molecular flexibility index (Phi) is 8.07. The van der Waals surface area contributed by atoms with Crippen LogP contribution in [0.25, 0.3) is 5.52 Å². The van der Waals surface area contributed by atoms with Gasteiger partial charge < -0.3 is 24.7 Å². The highest BCUT2D eigenvalue weighted by atomic mass is 16.7. The van der Waals surface area contributed by atoms with E-state index >= 15 is 0 Å². The average Bonchev–Trinajstić information content (AvgIpc) is 3.33. The molecule has 1 saturated heterocycles. The topological polar surface area (TPSA) is 168 Å². The van der Waals surface area contributed by atoms with Crippen LogP contribution in [0.15, 0.2) is 12.4 Å². The summed E-state index contributed by atoms with van der Waals surface area (Å²) in [7, 11) is 0. The van der Waals surface area contributed by atoms with Gasteiger partial charge in [0.1, 0.15) is 30.6 Å². The third-order valence-corrected chi connectivity index (χ3v) is 6.02. The Hall–Kier alpha value is -3.72. The summed E-state index contributed by atoms with van der Waals surface area (Å²) in [4.78, 5) is 41.8. The van der Waals surface area contributed by atoms with Gasteiger partial charge in [0.25, 0.3) is 0 Å². The minimum Gasteiger partial charge on any atom is -0.463 e. The normalized spacial score (nSPS) is 23.4. The Morgan fingerprint density at radius 1 is 1.11 bits per heavy atom. The Morgan fingerprint density at radius 2 is 1.70 bits per heavy atom. The van der Waals surface area contributed by atoms with Crippen LogP contribution in [0.2, 0.25) is 0 Å². The molecule has 0 aliphatic carbocycles. The van der Waals surface area contributed by atoms with Crippen molar-refractivity contribution in [1.82, 2.24) is 14.6 Å². The van der Waals surface area contributed by atoms with Crippen molar-refractivity contribution in [2.24, 2.45) is 17.8 Å². The highest BCUT2D eigenvalue weighted by Gasteiger charge is 2.63. The lowest BCUT2D eigenvalue weighted by Crippen LogP contribution is -2.47. The number of nitrogen functional groups attached to an aromatic ring is 1. The van der Waals surface area contributed by atoms with Gasteiger partial charge in [0.2, 0.25) is 5.60 Å². The maximum absolute atomic E-state index is 12.8. The molecule has 0 bridgehead atoms. The number of esters is 3. The van der Waals surface area contributed by atoms with Crippen molar-refractivity contribution in [1.29, 1.82) is 5.26 Å². The molecule has 1 fully saturated rings. The summed E-state index contributed by atoms with van der Waals surface area (Å²) < 4.78 is 24.6. The molecule has 0 amide bonds. The number of carbonyl (C=O) groups excluding carboxylic acids is 3. The summed E-state index contributed by atoms with van der Waals surface area (Å²) in [6, 6.07) is 3.76. The molecule has 37 heavy (non-hydrogen) atoms. The van der Waals surface area contributed by atoms with Crippen LogP contribution in [-0.4, -0.2) is 57.4 Å². The number of anilines is 1. The number of carbonyl (C=O) groups is 3. The molecule has 3 rings (SSSR count). The molecule has 0 radical (unpaired) electrons. The van der Waals surface area contributed by atoms with Gasteiger partial charge in [-0.2, -0.15) is 10.4 Å². The van der Waals surface area contributed by atoms with Crippen LogP contribution in [0.1, 0.15) is 52.8 Å². The van der Waals surface area contributed by atoms with Gasteiger partial charge in [-0.3, -0.25) is 14.4 Å². The van der Waals surface area contributed by atoms with E-state index in [1.165, 1.54) is 10.8 Å². The number of aromatic nitrogens is 3. The Balaban J connectivity index is 2.20. The van der Waals surface area contributed by atoms with E-state index in [2.05, 4.69) is 16.2 Å². The van der Waals surface area contributed by atoms with Crippen molar-refractivity contribution >= 4 is 29.2 Å². The van der Waals surface area contributed by atoms with E-state index in [0.717, 1.165) is 0 Å². The molecule has 200 valence electrons. The van der Waals surface area contributed by atoms with E-state index in [-0.39, 0.29) is 18.1 Å². The molecular weight excluding hydrogens is 482 g/mol. The first-order valence-electron chi connectivity index (χ1n) is 12.1. The van der Waals surface area contributed by atoms with Crippen LogP contribution in [0.4, 0.5) is 5.82 Å². The van der Waals surface area contributed by atoms with Crippen LogP contribution < -0.4 is 5.73 Å². The second kappa shape index (κ2) is 10.7. The van der Waals surface area contributed by atoms with E-state index in [4.69, 9.17) is 24.7 Å². The number of rotatable bonds is 8. The van der Waals surface area contributed by atoms with Crippen LogP contribution in [0.5, 0.6) is 0 Å². The monoisotopic (exact) mass is 515 g/mol. The summed E-state index contributed by atoms with van der Waals surface area (Å²) in [5.41, 5.74) is 5.36. The number of nitrogens with zero attached hydrogens (tertiary/aromatic N) is 4. The lowest BCUT2D eigenvalue weighted by atomic mass is 9.91. The van der Waals surface area contributed by atoms with Crippen molar-refractivity contribution in [2.75, 3.05) is 12.3 Å². The molecule has 4 atom stereocenters. The van der Waals surface area contributed by atoms with Gasteiger partial charge in [0, 0.05) is 0 Å². The lowest BCUT2D eigenvalue weighted by Gasteiger charge is -2.29. The van der Waals surface area contributed by atoms with Gasteiger partial charge in [-0.1, -0.05) is 41.5 Å². The van der Waals surface area contributed by atoms with Crippen molar-refractivity contribution < 1.29 is 33.3 Å². The van der Waals surface area contributed by atoms with Crippen molar-refractivity contribution in [3.8, 4) is 6.07 Å². The van der Waals surface area contributed by atoms with Crippen molar-refractivity contribution in [3.05, 3.63) is 23.7 Å². The third kappa shape index (κ3) is 5.22. The first-order valence-corrected chi connectivity index (χ1v) is 12.1. The van der Waals surface area contributed by atoms with E-state index < -0.39 is 59.6 Å². The van der Waals surface area contributed by atoms with Crippen molar-refractivity contribution in [2.45, 2.75) is 72.4 Å². The highest BCUT2D eigenvalue weighted by molar-refractivity contribution is 5.74. The molecule has 0 aromatic carbocycles. The predicted octanol–water partition coefficient (Wildman–Crippen LogP) is 2.07. The summed E-state index contributed by atoms with van der Waals surface area (Å²) >= 11 is 0. The zero-order chi connectivity index (χ0) is 27.7. The Bertz CT molecular complexity index is 1230. The van der Waals surface area contributed by atoms with Crippen LogP contribution >= 0.6 is 0 Å². The van der Waals surface area contributed by atoms with E-state index in [1.54, 1.807) is 54.5 Å². The maximum atomic E-state index is 12.8. The number of nitriles is 1. The number of hydrogen-bond acceptors (Lipinski definition) is 11. The molecule has 3 heterocycles. The van der Waals surface area contributed by atoms with Gasteiger partial charge in [-0.05, 0) is 18.6 Å². The number of hydrogen-bond donors (Lipinski definition) is 1. The Labute approximate surface area is 215 Å². The first-order chi connectivity index (χ1) is 17.3. The molecular formula is C25H33N5O7. The second-order valence-corrected chi connectivity index (χ2v) is 9.98. The van der Waals surface area contributed by atoms with Gasteiger partial charge in [-0.25, -0.2) is 9.50 Å². The quantitative estimate of drug-likeness (QED) is 0.403. The Morgan fingerprint density at radius 3 is 2.27 bits per heavy atom. The SMILES string of the molecule is Cc1cc([C@]2(C#N)O[C@H](COC(=O)C(C)C)[C@@H](OC(=O)C(C)C)[C@H]2OC(=O)C(C)C)n2ncnc(N)c12. The maximum Gasteiger partial charge on any atom is 0.308 e. The molecule has 12 nitrogen and oxygen atoms in total. The minimum atomic E-state index is -1.99. The lowest BCUT2D eigenvalue weighted by molar-refractivity contribution is -0.174. The second-order valence-electron chi connectivity index (χ2n) is 9.98. The summed E-state index contributed by atoms with van der Waals surface area (Å²) in [5, 5.41) is 14.8. The molecule has 1 aliphatic rings. The smallest absolute Gasteiger partial charge is 0.308 e. The van der Waals surface area contributed by atoms with E-state index in [0.29, 0.717) is 11.1 Å². The molecule has 1 aliphatic heterocycles. The largest absolute Gasteiger partial charge is 0.463 e. The fourth-order valence-electron chi connectivity index (χ4n) is 3.95. The number of aryl methyl sites for hydroxylation is 1. The van der Waals surface area contributed by atoms with E-state index in [9.17, 15) is 19.6 Å². The standard InChI is InChI=1S/C25H33N5O7/c1-12(2)22(31)34-9-16-19(35-23(32)13(3)4)20(36-24(33)14(5)6)25(10-26,37-16)17-8-15(7)18-21(27)28-11-29-30(17)18/h8,11-14,16,19-20H,9H2,1-7H3,(H2,27,28,29)/t16-,19-,20-,25+/m1/s1. The average molecular weight is 516 g/mol. The zero-order valence-corrected chi connectivity index (χ0v) is 22.0.